The Hall–Kier alpha value is -1.59. The van der Waals surface area contributed by atoms with E-state index in [2.05, 4.69) is 10.2 Å². The van der Waals surface area contributed by atoms with Crippen LogP contribution in [0.2, 0.25) is 0 Å². The molecule has 1 aliphatic carbocycles. The second kappa shape index (κ2) is 8.49. The van der Waals surface area contributed by atoms with Crippen LogP contribution < -0.4 is 10.1 Å². The number of ether oxygens (including phenoxy) is 2. The minimum atomic E-state index is 0.0116. The lowest BCUT2D eigenvalue weighted by Crippen LogP contribution is -2.36. The van der Waals surface area contributed by atoms with E-state index in [4.69, 9.17) is 9.47 Å². The van der Waals surface area contributed by atoms with E-state index in [0.717, 1.165) is 25.1 Å². The average molecular weight is 332 g/mol. The monoisotopic (exact) mass is 332 g/mol. The Kier molecular flexibility index (Phi) is 6.10. The number of nitrogens with zero attached hydrogens (tertiary/aromatic N) is 1. The predicted octanol–water partition coefficient (Wildman–Crippen LogP) is 3.06. The number of carbonyl (C=O) groups is 1. The first kappa shape index (κ1) is 17.2. The summed E-state index contributed by atoms with van der Waals surface area (Å²) in [6.45, 7) is 1.78. The van der Waals surface area contributed by atoms with Crippen molar-refractivity contribution in [3.8, 4) is 5.75 Å². The minimum absolute atomic E-state index is 0.0116. The molecule has 3 rings (SSSR count). The fraction of sp³-hybridized carbons (Fsp3) is 0.632. The molecule has 0 aromatic heterocycles. The smallest absolute Gasteiger partial charge is 0.238 e. The van der Waals surface area contributed by atoms with Gasteiger partial charge in [-0.2, -0.15) is 0 Å². The molecule has 0 spiro atoms. The molecule has 1 aromatic rings. The van der Waals surface area contributed by atoms with Crippen molar-refractivity contribution in [3.63, 3.8) is 0 Å². The molecular weight excluding hydrogens is 304 g/mol. The van der Waals surface area contributed by atoms with Crippen molar-refractivity contribution in [3.05, 3.63) is 24.3 Å². The van der Waals surface area contributed by atoms with Crippen LogP contribution in [0.25, 0.3) is 0 Å². The Morgan fingerprint density at radius 1 is 1.25 bits per heavy atom. The Morgan fingerprint density at radius 3 is 2.79 bits per heavy atom. The third-order valence-electron chi connectivity index (χ3n) is 4.95. The van der Waals surface area contributed by atoms with Crippen molar-refractivity contribution in [1.82, 2.24) is 4.90 Å². The van der Waals surface area contributed by atoms with Crippen LogP contribution >= 0.6 is 0 Å². The molecule has 1 unspecified atom stereocenters. The normalized spacial score (nSPS) is 21.3. The molecule has 132 valence electrons. The highest BCUT2D eigenvalue weighted by Crippen LogP contribution is 2.26. The number of hydrogen-bond acceptors (Lipinski definition) is 4. The summed E-state index contributed by atoms with van der Waals surface area (Å²) in [6.07, 6.45) is 7.26. The molecule has 5 heteroatoms. The van der Waals surface area contributed by atoms with E-state index in [9.17, 15) is 4.79 Å². The number of nitrogens with one attached hydrogen (secondary N) is 1. The number of hydrogen-bond donors (Lipinski definition) is 1. The predicted molar refractivity (Wildman–Crippen MR) is 94.4 cm³/mol. The highest BCUT2D eigenvalue weighted by Gasteiger charge is 2.22. The van der Waals surface area contributed by atoms with Gasteiger partial charge >= 0.3 is 0 Å². The van der Waals surface area contributed by atoms with Crippen molar-refractivity contribution < 1.29 is 14.3 Å². The molecule has 1 aromatic carbocycles. The van der Waals surface area contributed by atoms with E-state index in [1.807, 2.05) is 31.3 Å². The lowest BCUT2D eigenvalue weighted by Gasteiger charge is -2.23. The Bertz CT molecular complexity index is 537. The average Bonchev–Trinajstić information content (AvgIpc) is 3.27. The lowest BCUT2D eigenvalue weighted by atomic mass is 10.2. The van der Waals surface area contributed by atoms with Gasteiger partial charge in [0, 0.05) is 12.6 Å². The highest BCUT2D eigenvalue weighted by molar-refractivity contribution is 5.93. The van der Waals surface area contributed by atoms with Gasteiger partial charge in [0.05, 0.1) is 18.3 Å². The molecule has 1 heterocycles. The summed E-state index contributed by atoms with van der Waals surface area (Å²) in [5.41, 5.74) is 0.736. The summed E-state index contributed by atoms with van der Waals surface area (Å²) in [7, 11) is 2.04. The fourth-order valence-electron chi connectivity index (χ4n) is 3.54. The Balaban J connectivity index is 1.52. The van der Waals surface area contributed by atoms with E-state index < -0.39 is 0 Å². The van der Waals surface area contributed by atoms with Crippen LogP contribution in [0.4, 0.5) is 5.69 Å². The van der Waals surface area contributed by atoms with Gasteiger partial charge in [-0.05, 0) is 44.9 Å². The number of amides is 1. The van der Waals surface area contributed by atoms with E-state index in [-0.39, 0.29) is 12.0 Å². The summed E-state index contributed by atoms with van der Waals surface area (Å²) in [6, 6.07) is 8.16. The first-order chi connectivity index (χ1) is 11.7. The lowest BCUT2D eigenvalue weighted by molar-refractivity contribution is -0.117. The van der Waals surface area contributed by atoms with Crippen LogP contribution in [-0.2, 0) is 9.53 Å². The van der Waals surface area contributed by atoms with Crippen LogP contribution in [0.15, 0.2) is 24.3 Å². The maximum Gasteiger partial charge on any atom is 0.238 e. The van der Waals surface area contributed by atoms with Crippen LogP contribution in [0.3, 0.4) is 0 Å². The number of benzene rings is 1. The van der Waals surface area contributed by atoms with Gasteiger partial charge in [-0.15, -0.1) is 0 Å². The Labute approximate surface area is 144 Å². The van der Waals surface area contributed by atoms with E-state index in [0.29, 0.717) is 24.9 Å². The topological polar surface area (TPSA) is 50.8 Å². The SMILES string of the molecule is CN(CC(=O)Nc1ccccc1OCC1CCCO1)C1CCCC1. The zero-order valence-corrected chi connectivity index (χ0v) is 14.5. The van der Waals surface area contributed by atoms with Gasteiger partial charge in [0.15, 0.2) is 0 Å². The van der Waals surface area contributed by atoms with E-state index in [1.165, 1.54) is 25.7 Å². The molecule has 1 N–H and O–H groups in total. The highest BCUT2D eigenvalue weighted by atomic mass is 16.5. The van der Waals surface area contributed by atoms with Crippen LogP contribution in [0.5, 0.6) is 5.75 Å². The van der Waals surface area contributed by atoms with E-state index >= 15 is 0 Å². The van der Waals surface area contributed by atoms with Crippen LogP contribution in [0, 0.1) is 0 Å². The molecule has 1 saturated heterocycles. The number of para-hydroxylation sites is 2. The molecule has 1 amide bonds. The molecule has 1 aliphatic heterocycles. The zero-order valence-electron chi connectivity index (χ0n) is 14.5. The fourth-order valence-corrected chi connectivity index (χ4v) is 3.54. The van der Waals surface area contributed by atoms with Gasteiger partial charge in [-0.3, -0.25) is 9.69 Å². The molecule has 2 fully saturated rings. The molecule has 0 radical (unpaired) electrons. The number of rotatable bonds is 7. The van der Waals surface area contributed by atoms with Gasteiger partial charge in [0.25, 0.3) is 0 Å². The minimum Gasteiger partial charge on any atom is -0.489 e. The maximum absolute atomic E-state index is 12.4. The molecule has 2 aliphatic rings. The maximum atomic E-state index is 12.4. The first-order valence-corrected chi connectivity index (χ1v) is 9.06. The third-order valence-corrected chi connectivity index (χ3v) is 4.95. The van der Waals surface area contributed by atoms with Gasteiger partial charge in [-0.25, -0.2) is 0 Å². The zero-order chi connectivity index (χ0) is 16.8. The van der Waals surface area contributed by atoms with Crippen molar-refractivity contribution >= 4 is 11.6 Å². The number of carbonyl (C=O) groups excluding carboxylic acids is 1. The van der Waals surface area contributed by atoms with Crippen molar-refractivity contribution in [1.29, 1.82) is 0 Å². The Morgan fingerprint density at radius 2 is 2.04 bits per heavy atom. The molecular formula is C19H28N2O3. The summed E-state index contributed by atoms with van der Waals surface area (Å²) in [5.74, 6) is 0.724. The first-order valence-electron chi connectivity index (χ1n) is 9.06. The standard InChI is InChI=1S/C19H28N2O3/c1-21(15-7-2-3-8-15)13-19(22)20-17-10-4-5-11-18(17)24-14-16-9-6-12-23-16/h4-5,10-11,15-16H,2-3,6-9,12-14H2,1H3,(H,20,22). The number of likely N-dealkylation sites (N-methyl/N-ethyl adjacent to an activating group) is 1. The summed E-state index contributed by atoms with van der Waals surface area (Å²) >= 11 is 0. The molecule has 0 bridgehead atoms. The quantitative estimate of drug-likeness (QED) is 0.834. The third kappa shape index (κ3) is 4.71. The van der Waals surface area contributed by atoms with Crippen molar-refractivity contribution in [2.45, 2.75) is 50.7 Å². The van der Waals surface area contributed by atoms with Gasteiger partial charge < -0.3 is 14.8 Å². The molecule has 1 atom stereocenters. The van der Waals surface area contributed by atoms with Crippen LogP contribution in [0.1, 0.15) is 38.5 Å². The van der Waals surface area contributed by atoms with Crippen molar-refractivity contribution in [2.75, 3.05) is 32.1 Å². The molecule has 24 heavy (non-hydrogen) atoms. The van der Waals surface area contributed by atoms with Gasteiger partial charge in [-0.1, -0.05) is 25.0 Å². The number of anilines is 1. The second-order valence-corrected chi connectivity index (χ2v) is 6.84. The van der Waals surface area contributed by atoms with Crippen LogP contribution in [-0.4, -0.2) is 49.8 Å². The van der Waals surface area contributed by atoms with Crippen molar-refractivity contribution in [2.24, 2.45) is 0 Å². The summed E-state index contributed by atoms with van der Waals surface area (Å²) in [5, 5.41) is 2.99. The van der Waals surface area contributed by atoms with Gasteiger partial charge in [0.1, 0.15) is 12.4 Å². The second-order valence-electron chi connectivity index (χ2n) is 6.84. The van der Waals surface area contributed by atoms with E-state index in [1.54, 1.807) is 0 Å². The summed E-state index contributed by atoms with van der Waals surface area (Å²) in [4.78, 5) is 14.5. The van der Waals surface area contributed by atoms with Gasteiger partial charge in [0.2, 0.25) is 5.91 Å². The summed E-state index contributed by atoms with van der Waals surface area (Å²) < 4.78 is 11.5. The largest absolute Gasteiger partial charge is 0.489 e. The molecule has 5 nitrogen and oxygen atoms in total. The molecule has 1 saturated carbocycles.